The lowest BCUT2D eigenvalue weighted by Gasteiger charge is -2.34. The summed E-state index contributed by atoms with van der Waals surface area (Å²) in [5.41, 5.74) is 1.92. The van der Waals surface area contributed by atoms with Crippen LogP contribution in [0.1, 0.15) is 60.7 Å². The van der Waals surface area contributed by atoms with E-state index in [4.69, 9.17) is 4.52 Å². The Morgan fingerprint density at radius 1 is 1.07 bits per heavy atom. The number of rotatable bonds is 6. The van der Waals surface area contributed by atoms with Gasteiger partial charge in [0.25, 0.3) is 5.91 Å². The summed E-state index contributed by atoms with van der Waals surface area (Å²) in [7, 11) is 0. The molecule has 1 aromatic heterocycles. The molecule has 1 fully saturated rings. The van der Waals surface area contributed by atoms with E-state index in [1.165, 1.54) is 5.56 Å². The third kappa shape index (κ3) is 4.77. The monoisotopic (exact) mass is 384 g/mol. The van der Waals surface area contributed by atoms with Crippen LogP contribution in [0, 0.1) is 0 Å². The van der Waals surface area contributed by atoms with E-state index in [1.54, 1.807) is 0 Å². The van der Waals surface area contributed by atoms with E-state index < -0.39 is 0 Å². The van der Waals surface area contributed by atoms with Gasteiger partial charge in [-0.25, -0.2) is 0 Å². The summed E-state index contributed by atoms with van der Waals surface area (Å²) in [4.78, 5) is 33.0. The van der Waals surface area contributed by atoms with Crippen LogP contribution in [-0.2, 0) is 17.6 Å². The Balaban J connectivity index is 1.47. The molecular formula is C21H28N4O3. The predicted octanol–water partition coefficient (Wildman–Crippen LogP) is 2.67. The van der Waals surface area contributed by atoms with Crippen LogP contribution in [0.15, 0.2) is 28.8 Å². The zero-order valence-corrected chi connectivity index (χ0v) is 16.9. The van der Waals surface area contributed by atoms with E-state index in [0.29, 0.717) is 56.3 Å². The molecule has 150 valence electrons. The first-order chi connectivity index (χ1) is 13.5. The largest absolute Gasteiger partial charge is 0.339 e. The summed E-state index contributed by atoms with van der Waals surface area (Å²) in [6.07, 6.45) is 1.74. The molecule has 0 spiro atoms. The highest BCUT2D eigenvalue weighted by Gasteiger charge is 2.25. The van der Waals surface area contributed by atoms with Crippen molar-refractivity contribution in [2.45, 2.75) is 46.0 Å². The minimum absolute atomic E-state index is 0.0295. The number of piperazine rings is 1. The van der Waals surface area contributed by atoms with Gasteiger partial charge in [0.1, 0.15) is 0 Å². The molecule has 0 saturated carbocycles. The van der Waals surface area contributed by atoms with Crippen molar-refractivity contribution >= 4 is 11.8 Å². The van der Waals surface area contributed by atoms with Gasteiger partial charge in [0.05, 0.1) is 0 Å². The molecule has 3 rings (SSSR count). The van der Waals surface area contributed by atoms with Gasteiger partial charge in [-0.3, -0.25) is 9.59 Å². The fraction of sp³-hybridized carbons (Fsp3) is 0.524. The second-order valence-electron chi connectivity index (χ2n) is 7.42. The van der Waals surface area contributed by atoms with Gasteiger partial charge in [0.2, 0.25) is 11.8 Å². The minimum Gasteiger partial charge on any atom is -0.339 e. The van der Waals surface area contributed by atoms with Crippen LogP contribution in [0.3, 0.4) is 0 Å². The van der Waals surface area contributed by atoms with Crippen molar-refractivity contribution in [3.05, 3.63) is 47.1 Å². The third-order valence-corrected chi connectivity index (χ3v) is 5.08. The molecule has 2 heterocycles. The number of aryl methyl sites for hydroxylation is 2. The van der Waals surface area contributed by atoms with Crippen LogP contribution in [0.25, 0.3) is 0 Å². The van der Waals surface area contributed by atoms with Gasteiger partial charge in [0, 0.05) is 50.5 Å². The topological polar surface area (TPSA) is 79.5 Å². The van der Waals surface area contributed by atoms with Gasteiger partial charge >= 0.3 is 0 Å². The molecule has 28 heavy (non-hydrogen) atoms. The summed E-state index contributed by atoms with van der Waals surface area (Å²) < 4.78 is 5.19. The smallest absolute Gasteiger partial charge is 0.253 e. The van der Waals surface area contributed by atoms with Gasteiger partial charge in [-0.2, -0.15) is 4.98 Å². The first-order valence-corrected chi connectivity index (χ1v) is 9.96. The van der Waals surface area contributed by atoms with Gasteiger partial charge in [-0.1, -0.05) is 38.1 Å². The van der Waals surface area contributed by atoms with Crippen LogP contribution in [0.4, 0.5) is 0 Å². The maximum absolute atomic E-state index is 12.6. The van der Waals surface area contributed by atoms with Crippen LogP contribution in [0.5, 0.6) is 0 Å². The van der Waals surface area contributed by atoms with Crippen molar-refractivity contribution in [1.82, 2.24) is 19.9 Å². The van der Waals surface area contributed by atoms with Crippen LogP contribution >= 0.6 is 0 Å². The second-order valence-corrected chi connectivity index (χ2v) is 7.42. The summed E-state index contributed by atoms with van der Waals surface area (Å²) in [6.45, 7) is 8.31. The Bertz CT molecular complexity index is 805. The number of hydrogen-bond acceptors (Lipinski definition) is 5. The Kier molecular flexibility index (Phi) is 6.44. The average Bonchev–Trinajstić information content (AvgIpc) is 3.21. The Morgan fingerprint density at radius 2 is 1.71 bits per heavy atom. The summed E-state index contributed by atoms with van der Waals surface area (Å²) in [5, 5.41) is 3.92. The van der Waals surface area contributed by atoms with E-state index in [2.05, 4.69) is 17.1 Å². The van der Waals surface area contributed by atoms with Gasteiger partial charge in [-0.15, -0.1) is 0 Å². The first-order valence-electron chi connectivity index (χ1n) is 9.96. The fourth-order valence-corrected chi connectivity index (χ4v) is 3.20. The Labute approximate surface area is 165 Å². The lowest BCUT2D eigenvalue weighted by Crippen LogP contribution is -2.50. The lowest BCUT2D eigenvalue weighted by molar-refractivity contribution is -0.132. The maximum Gasteiger partial charge on any atom is 0.253 e. The molecule has 0 radical (unpaired) electrons. The Morgan fingerprint density at radius 3 is 2.29 bits per heavy atom. The molecule has 0 bridgehead atoms. The number of hydrogen-bond donors (Lipinski definition) is 0. The van der Waals surface area contributed by atoms with Crippen molar-refractivity contribution in [2.24, 2.45) is 0 Å². The second kappa shape index (κ2) is 8.99. The number of carbonyl (C=O) groups is 2. The highest BCUT2D eigenvalue weighted by molar-refractivity contribution is 5.94. The van der Waals surface area contributed by atoms with Crippen LogP contribution < -0.4 is 0 Å². The third-order valence-electron chi connectivity index (χ3n) is 5.08. The number of aromatic nitrogens is 2. The molecule has 1 aromatic carbocycles. The van der Waals surface area contributed by atoms with Crippen molar-refractivity contribution in [2.75, 3.05) is 26.2 Å². The molecule has 7 nitrogen and oxygen atoms in total. The first kappa shape index (κ1) is 20.0. The molecule has 1 aliphatic rings. The fourth-order valence-electron chi connectivity index (χ4n) is 3.20. The van der Waals surface area contributed by atoms with Crippen molar-refractivity contribution in [1.29, 1.82) is 0 Å². The van der Waals surface area contributed by atoms with Crippen molar-refractivity contribution in [3.63, 3.8) is 0 Å². The molecule has 1 aliphatic heterocycles. The summed E-state index contributed by atoms with van der Waals surface area (Å²) in [6, 6.07) is 7.76. The molecular weight excluding hydrogens is 356 g/mol. The molecule has 0 N–H and O–H groups in total. The Hall–Kier alpha value is -2.70. The van der Waals surface area contributed by atoms with Crippen molar-refractivity contribution in [3.8, 4) is 0 Å². The van der Waals surface area contributed by atoms with Gasteiger partial charge < -0.3 is 14.3 Å². The van der Waals surface area contributed by atoms with Crippen LogP contribution in [-0.4, -0.2) is 57.9 Å². The van der Waals surface area contributed by atoms with Gasteiger partial charge in [-0.05, 0) is 24.1 Å². The number of benzene rings is 1. The van der Waals surface area contributed by atoms with Crippen LogP contribution in [0.2, 0.25) is 0 Å². The zero-order valence-electron chi connectivity index (χ0n) is 16.9. The van der Waals surface area contributed by atoms with E-state index in [9.17, 15) is 9.59 Å². The highest BCUT2D eigenvalue weighted by atomic mass is 16.5. The molecule has 7 heteroatoms. The molecule has 0 aliphatic carbocycles. The molecule has 1 saturated heterocycles. The average molecular weight is 384 g/mol. The SMILES string of the molecule is CCc1ccc(C(=O)N2CCN(C(=O)CCc3nc(C(C)C)no3)CC2)cc1. The molecule has 2 amide bonds. The normalized spacial score (nSPS) is 14.6. The maximum atomic E-state index is 12.6. The lowest BCUT2D eigenvalue weighted by atomic mass is 10.1. The predicted molar refractivity (Wildman–Crippen MR) is 105 cm³/mol. The summed E-state index contributed by atoms with van der Waals surface area (Å²) in [5.74, 6) is 1.46. The van der Waals surface area contributed by atoms with Crippen molar-refractivity contribution < 1.29 is 14.1 Å². The molecule has 0 unspecified atom stereocenters. The minimum atomic E-state index is 0.0295. The zero-order chi connectivity index (χ0) is 20.1. The summed E-state index contributed by atoms with van der Waals surface area (Å²) >= 11 is 0. The molecule has 2 aromatic rings. The quantitative estimate of drug-likeness (QED) is 0.765. The highest BCUT2D eigenvalue weighted by Crippen LogP contribution is 2.13. The van der Waals surface area contributed by atoms with Gasteiger partial charge in [0.15, 0.2) is 5.82 Å². The number of amides is 2. The van der Waals surface area contributed by atoms with E-state index in [0.717, 1.165) is 6.42 Å². The number of carbonyl (C=O) groups excluding carboxylic acids is 2. The number of nitrogens with zero attached hydrogens (tertiary/aromatic N) is 4. The standard InChI is InChI=1S/C21H28N4O3/c1-4-16-5-7-17(8-6-16)21(27)25-13-11-24(12-14-25)19(26)10-9-18-22-20(15(2)3)23-28-18/h5-8,15H,4,9-14H2,1-3H3. The van der Waals surface area contributed by atoms with E-state index >= 15 is 0 Å². The van der Waals surface area contributed by atoms with E-state index in [1.807, 2.05) is 47.9 Å². The molecule has 0 atom stereocenters. The van der Waals surface area contributed by atoms with E-state index in [-0.39, 0.29) is 17.7 Å².